The number of carbonyl (C=O) groups excluding carboxylic acids is 2. The molecule has 130 valence electrons. The van der Waals surface area contributed by atoms with E-state index in [4.69, 9.17) is 9.47 Å². The Labute approximate surface area is 143 Å². The molecule has 2 aliphatic rings. The van der Waals surface area contributed by atoms with Crippen LogP contribution in [-0.2, 0) is 19.1 Å². The summed E-state index contributed by atoms with van der Waals surface area (Å²) in [7, 11) is 3.05. The molecule has 0 heterocycles. The number of ether oxygens (including phenoxy) is 2. The summed E-state index contributed by atoms with van der Waals surface area (Å²) in [5, 5.41) is 0. The standard InChI is InChI=1S/C20H26O4/c1-14(20(22)16-9-11-17(23-2)12-10-16)18(13-19(21)24-3)15-7-5-4-6-8-15/h4-7,9-11,14-15,17-18H,8,12-13H2,1-3H3. The molecule has 0 saturated carbocycles. The third kappa shape index (κ3) is 4.54. The predicted octanol–water partition coefficient (Wildman–Crippen LogP) is 3.40. The Morgan fingerprint density at radius 3 is 2.54 bits per heavy atom. The second-order valence-corrected chi connectivity index (χ2v) is 6.34. The quantitative estimate of drug-likeness (QED) is 0.671. The Morgan fingerprint density at radius 1 is 1.21 bits per heavy atom. The van der Waals surface area contributed by atoms with E-state index in [-0.39, 0.29) is 42.0 Å². The van der Waals surface area contributed by atoms with Crippen molar-refractivity contribution in [3.63, 3.8) is 0 Å². The van der Waals surface area contributed by atoms with E-state index in [0.29, 0.717) is 12.0 Å². The van der Waals surface area contributed by atoms with E-state index >= 15 is 0 Å². The van der Waals surface area contributed by atoms with E-state index in [1.165, 1.54) is 7.11 Å². The molecular weight excluding hydrogens is 304 g/mol. The number of esters is 1. The highest BCUT2D eigenvalue weighted by Gasteiger charge is 2.33. The monoisotopic (exact) mass is 330 g/mol. The Kier molecular flexibility index (Phi) is 6.73. The van der Waals surface area contributed by atoms with E-state index in [1.807, 2.05) is 37.3 Å². The largest absolute Gasteiger partial charge is 0.469 e. The van der Waals surface area contributed by atoms with Gasteiger partial charge in [0, 0.05) is 25.0 Å². The molecule has 0 radical (unpaired) electrons. The van der Waals surface area contributed by atoms with Gasteiger partial charge in [0.2, 0.25) is 0 Å². The lowest BCUT2D eigenvalue weighted by Crippen LogP contribution is -2.30. The Hall–Kier alpha value is -1.94. The van der Waals surface area contributed by atoms with Crippen LogP contribution >= 0.6 is 0 Å². The second-order valence-electron chi connectivity index (χ2n) is 6.34. The fourth-order valence-corrected chi connectivity index (χ4v) is 3.31. The first-order valence-electron chi connectivity index (χ1n) is 8.42. The normalized spacial score (nSPS) is 25.0. The van der Waals surface area contributed by atoms with Gasteiger partial charge in [-0.15, -0.1) is 0 Å². The van der Waals surface area contributed by atoms with Crippen LogP contribution in [0.3, 0.4) is 0 Å². The van der Waals surface area contributed by atoms with Gasteiger partial charge in [-0.3, -0.25) is 9.59 Å². The molecule has 0 fully saturated rings. The van der Waals surface area contributed by atoms with Gasteiger partial charge in [0.1, 0.15) is 0 Å². The smallest absolute Gasteiger partial charge is 0.305 e. The zero-order chi connectivity index (χ0) is 17.5. The molecule has 0 aromatic rings. The van der Waals surface area contributed by atoms with Crippen molar-refractivity contribution < 1.29 is 19.1 Å². The van der Waals surface area contributed by atoms with Gasteiger partial charge in [0.15, 0.2) is 5.78 Å². The molecule has 0 aromatic carbocycles. The van der Waals surface area contributed by atoms with Crippen LogP contribution in [0.15, 0.2) is 48.1 Å². The van der Waals surface area contributed by atoms with Crippen LogP contribution in [0.25, 0.3) is 0 Å². The number of carbonyl (C=O) groups is 2. The van der Waals surface area contributed by atoms with Gasteiger partial charge < -0.3 is 9.47 Å². The minimum atomic E-state index is -0.268. The van der Waals surface area contributed by atoms with Gasteiger partial charge in [0.25, 0.3) is 0 Å². The van der Waals surface area contributed by atoms with Gasteiger partial charge in [-0.1, -0.05) is 49.5 Å². The van der Waals surface area contributed by atoms with Crippen molar-refractivity contribution in [3.05, 3.63) is 48.1 Å². The highest BCUT2D eigenvalue weighted by molar-refractivity contribution is 6.00. The molecule has 4 nitrogen and oxygen atoms in total. The highest BCUT2D eigenvalue weighted by Crippen LogP contribution is 2.33. The molecule has 0 aliphatic heterocycles. The zero-order valence-electron chi connectivity index (χ0n) is 14.6. The molecule has 0 aromatic heterocycles. The van der Waals surface area contributed by atoms with Crippen molar-refractivity contribution in [1.29, 1.82) is 0 Å². The molecule has 0 N–H and O–H groups in total. The Morgan fingerprint density at radius 2 is 2.00 bits per heavy atom. The molecule has 2 rings (SSSR count). The maximum absolute atomic E-state index is 12.9. The van der Waals surface area contributed by atoms with Gasteiger partial charge >= 0.3 is 5.97 Å². The molecule has 0 amide bonds. The third-order valence-corrected chi connectivity index (χ3v) is 4.90. The first kappa shape index (κ1) is 18.4. The van der Waals surface area contributed by atoms with Crippen LogP contribution in [0.4, 0.5) is 0 Å². The number of methoxy groups -OCH3 is 2. The lowest BCUT2D eigenvalue weighted by atomic mass is 9.74. The van der Waals surface area contributed by atoms with Crippen molar-refractivity contribution in [3.8, 4) is 0 Å². The summed E-state index contributed by atoms with van der Waals surface area (Å²) in [5.41, 5.74) is 0.709. The topological polar surface area (TPSA) is 52.6 Å². The van der Waals surface area contributed by atoms with E-state index in [1.54, 1.807) is 7.11 Å². The summed E-state index contributed by atoms with van der Waals surface area (Å²) < 4.78 is 10.1. The number of hydrogen-bond acceptors (Lipinski definition) is 4. The van der Waals surface area contributed by atoms with Crippen LogP contribution < -0.4 is 0 Å². The number of ketones is 1. The average molecular weight is 330 g/mol. The Balaban J connectivity index is 2.13. The summed E-state index contributed by atoms with van der Waals surface area (Å²) >= 11 is 0. The summed E-state index contributed by atoms with van der Waals surface area (Å²) in [5.74, 6) is -0.332. The number of Topliss-reactive ketones (excluding diaryl/α,β-unsaturated/α-hetero) is 1. The van der Waals surface area contributed by atoms with E-state index in [0.717, 1.165) is 6.42 Å². The molecule has 0 bridgehead atoms. The minimum absolute atomic E-state index is 0.0362. The van der Waals surface area contributed by atoms with Crippen molar-refractivity contribution in [1.82, 2.24) is 0 Å². The lowest BCUT2D eigenvalue weighted by molar-refractivity contribution is -0.142. The van der Waals surface area contributed by atoms with Crippen molar-refractivity contribution in [2.24, 2.45) is 17.8 Å². The summed E-state index contributed by atoms with van der Waals surface area (Å²) in [6.45, 7) is 1.92. The van der Waals surface area contributed by atoms with Crippen LogP contribution in [-0.4, -0.2) is 32.1 Å². The van der Waals surface area contributed by atoms with Crippen LogP contribution in [0.5, 0.6) is 0 Å². The highest BCUT2D eigenvalue weighted by atomic mass is 16.5. The molecule has 2 aliphatic carbocycles. The fraction of sp³-hybridized carbons (Fsp3) is 0.500. The van der Waals surface area contributed by atoms with Crippen molar-refractivity contribution in [2.75, 3.05) is 14.2 Å². The summed E-state index contributed by atoms with van der Waals surface area (Å²) in [6, 6.07) is 0. The maximum Gasteiger partial charge on any atom is 0.305 e. The molecule has 4 unspecified atom stereocenters. The molecule has 4 heteroatoms. The maximum atomic E-state index is 12.9. The van der Waals surface area contributed by atoms with Crippen LogP contribution in [0.2, 0.25) is 0 Å². The third-order valence-electron chi connectivity index (χ3n) is 4.90. The number of rotatable bonds is 7. The van der Waals surface area contributed by atoms with Crippen molar-refractivity contribution >= 4 is 11.8 Å². The SMILES string of the molecule is COC(=O)CC(C1C=CC=CC1)C(C)C(=O)C1=CCC(OC)C=C1. The molecule has 4 atom stereocenters. The van der Waals surface area contributed by atoms with E-state index < -0.39 is 0 Å². The van der Waals surface area contributed by atoms with Crippen LogP contribution in [0, 0.1) is 17.8 Å². The fourth-order valence-electron chi connectivity index (χ4n) is 3.31. The minimum Gasteiger partial charge on any atom is -0.469 e. The van der Waals surface area contributed by atoms with Gasteiger partial charge in [-0.05, 0) is 24.7 Å². The first-order valence-corrected chi connectivity index (χ1v) is 8.42. The van der Waals surface area contributed by atoms with Gasteiger partial charge in [-0.2, -0.15) is 0 Å². The van der Waals surface area contributed by atoms with Gasteiger partial charge in [0.05, 0.1) is 13.2 Å². The molecule has 24 heavy (non-hydrogen) atoms. The van der Waals surface area contributed by atoms with Gasteiger partial charge in [-0.25, -0.2) is 0 Å². The lowest BCUT2D eigenvalue weighted by Gasteiger charge is -2.29. The van der Waals surface area contributed by atoms with E-state index in [9.17, 15) is 9.59 Å². The zero-order valence-corrected chi connectivity index (χ0v) is 14.6. The summed E-state index contributed by atoms with van der Waals surface area (Å²) in [6.07, 6.45) is 15.7. The first-order chi connectivity index (χ1) is 11.6. The molecule has 0 saturated heterocycles. The number of allylic oxidation sites excluding steroid dienone is 6. The second kappa shape index (κ2) is 8.78. The number of hydrogen-bond donors (Lipinski definition) is 0. The summed E-state index contributed by atoms with van der Waals surface area (Å²) in [4.78, 5) is 24.7. The van der Waals surface area contributed by atoms with E-state index in [2.05, 4.69) is 12.2 Å². The van der Waals surface area contributed by atoms with Crippen LogP contribution in [0.1, 0.15) is 26.2 Å². The Bertz CT molecular complexity index is 582. The predicted molar refractivity (Wildman–Crippen MR) is 93.3 cm³/mol. The average Bonchev–Trinajstić information content (AvgIpc) is 2.65. The molecule has 0 spiro atoms. The molecular formula is C20H26O4. The van der Waals surface area contributed by atoms with Crippen molar-refractivity contribution in [2.45, 2.75) is 32.3 Å².